The fourth-order valence-corrected chi connectivity index (χ4v) is 8.13. The van der Waals surface area contributed by atoms with Gasteiger partial charge in [0.05, 0.1) is 25.4 Å². The number of ether oxygens (including phenoxy) is 1. The molecule has 0 aromatic carbocycles. The molecular formula is C54H103NO5. The molecule has 354 valence electrons. The first kappa shape index (κ1) is 58.3. The standard InChI is InChI=1S/C54H103NO5/c1-3-5-7-9-11-13-14-15-25-28-32-36-40-44-48-54(59)60-49-45-41-37-33-29-26-23-21-19-17-16-18-20-22-24-27-31-35-39-43-47-53(58)55-51(50-56)52(57)46-42-38-34-30-12-10-8-6-4-2/h9,11,14-15,51-52,56-57H,3-8,10,12-13,16-50H2,1-2H3,(H,55,58)/b11-9-,15-14-. The van der Waals surface area contributed by atoms with Crippen LogP contribution in [0.3, 0.4) is 0 Å². The normalized spacial score (nSPS) is 12.8. The van der Waals surface area contributed by atoms with E-state index in [-0.39, 0.29) is 18.5 Å². The third kappa shape index (κ3) is 45.9. The molecule has 6 heteroatoms. The van der Waals surface area contributed by atoms with Gasteiger partial charge in [0.15, 0.2) is 0 Å². The lowest BCUT2D eigenvalue weighted by Crippen LogP contribution is -2.45. The summed E-state index contributed by atoms with van der Waals surface area (Å²) in [5.41, 5.74) is 0. The number of aliphatic hydroxyl groups excluding tert-OH is 2. The first-order chi connectivity index (χ1) is 29.5. The molecule has 0 saturated carbocycles. The first-order valence-electron chi connectivity index (χ1n) is 26.6. The average molecular weight is 846 g/mol. The van der Waals surface area contributed by atoms with Gasteiger partial charge in [-0.1, -0.05) is 244 Å². The van der Waals surface area contributed by atoms with Crippen LogP contribution in [0.15, 0.2) is 24.3 Å². The summed E-state index contributed by atoms with van der Waals surface area (Å²) in [5.74, 6) is -0.0439. The van der Waals surface area contributed by atoms with Crippen LogP contribution in [0.2, 0.25) is 0 Å². The highest BCUT2D eigenvalue weighted by atomic mass is 16.5. The first-order valence-corrected chi connectivity index (χ1v) is 26.6. The molecule has 1 amide bonds. The lowest BCUT2D eigenvalue weighted by atomic mass is 10.0. The van der Waals surface area contributed by atoms with Crippen LogP contribution in [0, 0.1) is 0 Å². The Balaban J connectivity index is 3.37. The highest BCUT2D eigenvalue weighted by Crippen LogP contribution is 2.17. The molecule has 0 rings (SSSR count). The number of aliphatic hydroxyl groups is 2. The molecule has 3 N–H and O–H groups in total. The quantitative estimate of drug-likeness (QED) is 0.0322. The maximum atomic E-state index is 12.4. The van der Waals surface area contributed by atoms with E-state index >= 15 is 0 Å². The van der Waals surface area contributed by atoms with Crippen molar-refractivity contribution < 1.29 is 24.5 Å². The number of rotatable bonds is 49. The van der Waals surface area contributed by atoms with E-state index < -0.39 is 12.1 Å². The maximum absolute atomic E-state index is 12.4. The van der Waals surface area contributed by atoms with Crippen molar-refractivity contribution in [3.63, 3.8) is 0 Å². The molecule has 2 atom stereocenters. The Hall–Kier alpha value is -1.66. The number of hydrogen-bond acceptors (Lipinski definition) is 5. The molecular weight excluding hydrogens is 743 g/mol. The largest absolute Gasteiger partial charge is 0.466 e. The number of carbonyl (C=O) groups excluding carboxylic acids is 2. The van der Waals surface area contributed by atoms with E-state index in [9.17, 15) is 19.8 Å². The van der Waals surface area contributed by atoms with Crippen LogP contribution in [-0.2, 0) is 14.3 Å². The maximum Gasteiger partial charge on any atom is 0.305 e. The Morgan fingerprint density at radius 3 is 1.32 bits per heavy atom. The van der Waals surface area contributed by atoms with Gasteiger partial charge in [0.25, 0.3) is 0 Å². The van der Waals surface area contributed by atoms with Gasteiger partial charge in [0.1, 0.15) is 0 Å². The number of unbranched alkanes of at least 4 members (excludes halogenated alkanes) is 34. The Labute approximate surface area is 373 Å². The second-order valence-electron chi connectivity index (χ2n) is 18.2. The van der Waals surface area contributed by atoms with Crippen LogP contribution < -0.4 is 5.32 Å². The number of esters is 1. The van der Waals surface area contributed by atoms with Gasteiger partial charge in [-0.05, 0) is 51.4 Å². The summed E-state index contributed by atoms with van der Waals surface area (Å²) in [6.45, 7) is 4.88. The topological polar surface area (TPSA) is 95.9 Å². The molecule has 6 nitrogen and oxygen atoms in total. The van der Waals surface area contributed by atoms with Gasteiger partial charge in [0, 0.05) is 12.8 Å². The van der Waals surface area contributed by atoms with Crippen LogP contribution in [-0.4, -0.2) is 47.4 Å². The fraction of sp³-hybridized carbons (Fsp3) is 0.889. The molecule has 0 aliphatic carbocycles. The van der Waals surface area contributed by atoms with Gasteiger partial charge in [-0.2, -0.15) is 0 Å². The number of amides is 1. The van der Waals surface area contributed by atoms with Crippen LogP contribution in [0.5, 0.6) is 0 Å². The SMILES string of the molecule is CCCC/C=C\C/C=C\CCCCCCCC(=O)OCCCCCCCCCCCCCCCCCCCCCCC(=O)NC(CO)C(O)CCCCCCCCCCC. The Kier molecular flexibility index (Phi) is 48.6. The van der Waals surface area contributed by atoms with Crippen LogP contribution >= 0.6 is 0 Å². The second-order valence-corrected chi connectivity index (χ2v) is 18.2. The molecule has 0 aromatic rings. The fourth-order valence-electron chi connectivity index (χ4n) is 8.13. The van der Waals surface area contributed by atoms with Gasteiger partial charge >= 0.3 is 5.97 Å². The van der Waals surface area contributed by atoms with E-state index in [0.717, 1.165) is 51.4 Å². The molecule has 0 aliphatic rings. The number of allylic oxidation sites excluding steroid dienone is 4. The molecule has 0 bridgehead atoms. The second kappa shape index (κ2) is 50.0. The molecule has 2 unspecified atom stereocenters. The molecule has 0 aliphatic heterocycles. The third-order valence-corrected chi connectivity index (χ3v) is 12.3. The van der Waals surface area contributed by atoms with Crippen molar-refractivity contribution in [1.82, 2.24) is 5.32 Å². The summed E-state index contributed by atoms with van der Waals surface area (Å²) >= 11 is 0. The van der Waals surface area contributed by atoms with Crippen molar-refractivity contribution in [2.45, 2.75) is 296 Å². The van der Waals surface area contributed by atoms with Gasteiger partial charge in [0.2, 0.25) is 5.91 Å². The number of carbonyl (C=O) groups is 2. The number of hydrogen-bond donors (Lipinski definition) is 3. The predicted octanol–water partition coefficient (Wildman–Crippen LogP) is 15.9. The summed E-state index contributed by atoms with van der Waals surface area (Å²) in [6.07, 6.45) is 58.8. The van der Waals surface area contributed by atoms with Crippen molar-refractivity contribution >= 4 is 11.9 Å². The highest BCUT2D eigenvalue weighted by Gasteiger charge is 2.20. The summed E-state index contributed by atoms with van der Waals surface area (Å²) in [4.78, 5) is 24.4. The van der Waals surface area contributed by atoms with Crippen LogP contribution in [0.4, 0.5) is 0 Å². The molecule has 0 radical (unpaired) electrons. The molecule has 60 heavy (non-hydrogen) atoms. The monoisotopic (exact) mass is 846 g/mol. The van der Waals surface area contributed by atoms with E-state index in [1.54, 1.807) is 0 Å². The average Bonchev–Trinajstić information content (AvgIpc) is 3.25. The van der Waals surface area contributed by atoms with Crippen LogP contribution in [0.1, 0.15) is 284 Å². The zero-order chi connectivity index (χ0) is 43.7. The van der Waals surface area contributed by atoms with E-state index in [1.165, 1.54) is 199 Å². The highest BCUT2D eigenvalue weighted by molar-refractivity contribution is 5.76. The number of nitrogens with one attached hydrogen (secondary N) is 1. The minimum atomic E-state index is -0.663. The van der Waals surface area contributed by atoms with Gasteiger partial charge in [-0.25, -0.2) is 0 Å². The van der Waals surface area contributed by atoms with E-state index in [1.807, 2.05) is 0 Å². The van der Waals surface area contributed by atoms with Crippen molar-refractivity contribution in [3.05, 3.63) is 24.3 Å². The zero-order valence-corrected chi connectivity index (χ0v) is 40.2. The Bertz CT molecular complexity index is 935. The minimum absolute atomic E-state index is 0.00438. The summed E-state index contributed by atoms with van der Waals surface area (Å²) < 4.78 is 5.46. The summed E-state index contributed by atoms with van der Waals surface area (Å²) in [5, 5.41) is 23.1. The van der Waals surface area contributed by atoms with Crippen molar-refractivity contribution in [2.24, 2.45) is 0 Å². The van der Waals surface area contributed by atoms with E-state index in [0.29, 0.717) is 25.9 Å². The molecule has 0 saturated heterocycles. The molecule has 0 heterocycles. The van der Waals surface area contributed by atoms with Gasteiger partial charge in [-0.3, -0.25) is 9.59 Å². The molecule has 0 fully saturated rings. The van der Waals surface area contributed by atoms with Crippen molar-refractivity contribution in [3.8, 4) is 0 Å². The van der Waals surface area contributed by atoms with E-state index in [2.05, 4.69) is 43.5 Å². The Morgan fingerprint density at radius 2 is 0.850 bits per heavy atom. The zero-order valence-electron chi connectivity index (χ0n) is 40.2. The molecule has 0 aromatic heterocycles. The lowest BCUT2D eigenvalue weighted by molar-refractivity contribution is -0.143. The predicted molar refractivity (Wildman–Crippen MR) is 260 cm³/mol. The van der Waals surface area contributed by atoms with Crippen molar-refractivity contribution in [1.29, 1.82) is 0 Å². The van der Waals surface area contributed by atoms with Gasteiger partial charge in [-0.15, -0.1) is 0 Å². The summed E-state index contributed by atoms with van der Waals surface area (Å²) in [6, 6.07) is -0.540. The molecule has 0 spiro atoms. The minimum Gasteiger partial charge on any atom is -0.466 e. The summed E-state index contributed by atoms with van der Waals surface area (Å²) in [7, 11) is 0. The van der Waals surface area contributed by atoms with E-state index in [4.69, 9.17) is 4.74 Å². The van der Waals surface area contributed by atoms with Gasteiger partial charge < -0.3 is 20.3 Å². The lowest BCUT2D eigenvalue weighted by Gasteiger charge is -2.22. The van der Waals surface area contributed by atoms with Crippen molar-refractivity contribution in [2.75, 3.05) is 13.2 Å². The smallest absolute Gasteiger partial charge is 0.305 e. The Morgan fingerprint density at radius 1 is 0.467 bits per heavy atom. The van der Waals surface area contributed by atoms with Crippen LogP contribution in [0.25, 0.3) is 0 Å². The third-order valence-electron chi connectivity index (χ3n) is 12.3.